The number of anilines is 2. The van der Waals surface area contributed by atoms with E-state index in [0.717, 1.165) is 12.1 Å². The number of rotatable bonds is 3. The maximum atomic E-state index is 13.0. The molecule has 21 heavy (non-hydrogen) atoms. The molecule has 0 heterocycles. The molecule has 0 aliphatic carbocycles. The zero-order chi connectivity index (χ0) is 15.6. The molecule has 0 aromatic heterocycles. The van der Waals surface area contributed by atoms with Crippen LogP contribution in [0.3, 0.4) is 0 Å². The Balaban J connectivity index is 2.22. The molecule has 0 fully saturated rings. The summed E-state index contributed by atoms with van der Waals surface area (Å²) in [5.41, 5.74) is 5.54. The van der Waals surface area contributed by atoms with Gasteiger partial charge in [0, 0.05) is 17.3 Å². The van der Waals surface area contributed by atoms with Gasteiger partial charge in [0.2, 0.25) is 0 Å². The first kappa shape index (κ1) is 14.7. The topological polar surface area (TPSA) is 98.3 Å². The van der Waals surface area contributed by atoms with Crippen molar-refractivity contribution in [1.82, 2.24) is 0 Å². The van der Waals surface area contributed by atoms with Crippen molar-refractivity contribution in [3.63, 3.8) is 0 Å². The van der Waals surface area contributed by atoms with Gasteiger partial charge in [-0.25, -0.2) is 4.39 Å². The standard InChI is InChI=1S/C13H9ClFN3O3/c14-9-6-8(2-3-10(9)15)17-13(19)7-1-4-12(18(20)21)11(16)5-7/h1-6H,16H2,(H,17,19). The number of carbonyl (C=O) groups is 1. The average Bonchev–Trinajstić information content (AvgIpc) is 2.42. The fourth-order valence-corrected chi connectivity index (χ4v) is 1.82. The summed E-state index contributed by atoms with van der Waals surface area (Å²) >= 11 is 5.60. The SMILES string of the molecule is Nc1cc(C(=O)Nc2ccc(F)c(Cl)c2)ccc1[N+](=O)[O-]. The molecular formula is C13H9ClFN3O3. The predicted octanol–water partition coefficient (Wildman–Crippen LogP) is 3.22. The first-order chi connectivity index (χ1) is 9.88. The first-order valence-electron chi connectivity index (χ1n) is 5.69. The number of nitrogens with zero attached hydrogens (tertiary/aromatic N) is 1. The predicted molar refractivity (Wildman–Crippen MR) is 76.9 cm³/mol. The molecule has 0 unspecified atom stereocenters. The van der Waals surface area contributed by atoms with E-state index in [1.807, 2.05) is 0 Å². The Bertz CT molecular complexity index is 737. The summed E-state index contributed by atoms with van der Waals surface area (Å²) in [4.78, 5) is 22.0. The Morgan fingerprint density at radius 3 is 2.57 bits per heavy atom. The molecule has 2 aromatic rings. The highest BCUT2D eigenvalue weighted by Crippen LogP contribution is 2.23. The van der Waals surface area contributed by atoms with Gasteiger partial charge >= 0.3 is 0 Å². The van der Waals surface area contributed by atoms with E-state index in [9.17, 15) is 19.3 Å². The number of benzene rings is 2. The van der Waals surface area contributed by atoms with Gasteiger partial charge in [-0.1, -0.05) is 11.6 Å². The molecule has 8 heteroatoms. The fraction of sp³-hybridized carbons (Fsp3) is 0. The van der Waals surface area contributed by atoms with E-state index in [4.69, 9.17) is 17.3 Å². The second-order valence-corrected chi connectivity index (χ2v) is 4.52. The zero-order valence-corrected chi connectivity index (χ0v) is 11.2. The number of nitrogen functional groups attached to an aromatic ring is 1. The van der Waals surface area contributed by atoms with E-state index in [-0.39, 0.29) is 22.0 Å². The lowest BCUT2D eigenvalue weighted by Gasteiger charge is -2.07. The molecule has 0 saturated carbocycles. The number of amides is 1. The molecule has 0 bridgehead atoms. The van der Waals surface area contributed by atoms with Crippen LogP contribution in [0.4, 0.5) is 21.5 Å². The monoisotopic (exact) mass is 309 g/mol. The average molecular weight is 310 g/mol. The fourth-order valence-electron chi connectivity index (χ4n) is 1.64. The minimum atomic E-state index is -0.642. The second kappa shape index (κ2) is 5.76. The van der Waals surface area contributed by atoms with Crippen LogP contribution in [-0.2, 0) is 0 Å². The molecule has 0 aliphatic heterocycles. The maximum absolute atomic E-state index is 13.0. The summed E-state index contributed by atoms with van der Waals surface area (Å²) in [5.74, 6) is -1.14. The van der Waals surface area contributed by atoms with Crippen molar-refractivity contribution in [3.8, 4) is 0 Å². The van der Waals surface area contributed by atoms with E-state index in [2.05, 4.69) is 5.32 Å². The Kier molecular flexibility index (Phi) is 4.04. The number of nitrogens with two attached hydrogens (primary N) is 1. The Labute approximate surface area is 123 Å². The molecular weight excluding hydrogens is 301 g/mol. The maximum Gasteiger partial charge on any atom is 0.292 e. The van der Waals surface area contributed by atoms with E-state index in [1.165, 1.54) is 24.3 Å². The second-order valence-electron chi connectivity index (χ2n) is 4.11. The van der Waals surface area contributed by atoms with Crippen LogP contribution in [-0.4, -0.2) is 10.8 Å². The van der Waals surface area contributed by atoms with E-state index in [0.29, 0.717) is 5.69 Å². The normalized spacial score (nSPS) is 10.2. The van der Waals surface area contributed by atoms with Crippen molar-refractivity contribution in [3.05, 3.63) is 62.9 Å². The molecule has 1 amide bonds. The van der Waals surface area contributed by atoms with Crippen LogP contribution < -0.4 is 11.1 Å². The van der Waals surface area contributed by atoms with Crippen LogP contribution in [0.15, 0.2) is 36.4 Å². The summed E-state index contributed by atoms with van der Waals surface area (Å²) in [6, 6.07) is 7.31. The van der Waals surface area contributed by atoms with Crippen LogP contribution in [0, 0.1) is 15.9 Å². The van der Waals surface area contributed by atoms with Crippen LogP contribution in [0.5, 0.6) is 0 Å². The van der Waals surface area contributed by atoms with Gasteiger partial charge in [0.05, 0.1) is 9.95 Å². The third-order valence-electron chi connectivity index (χ3n) is 2.66. The molecule has 0 radical (unpaired) electrons. The van der Waals surface area contributed by atoms with E-state index >= 15 is 0 Å². The Hall–Kier alpha value is -2.67. The lowest BCUT2D eigenvalue weighted by Crippen LogP contribution is -2.12. The summed E-state index contributed by atoms with van der Waals surface area (Å²) < 4.78 is 13.0. The molecule has 2 rings (SSSR count). The molecule has 0 saturated heterocycles. The van der Waals surface area contributed by atoms with Gasteiger partial charge in [0.15, 0.2) is 0 Å². The van der Waals surface area contributed by atoms with Gasteiger partial charge in [-0.15, -0.1) is 0 Å². The molecule has 0 spiro atoms. The van der Waals surface area contributed by atoms with Gasteiger partial charge in [-0.05, 0) is 30.3 Å². The lowest BCUT2D eigenvalue weighted by atomic mass is 10.1. The van der Waals surface area contributed by atoms with E-state index < -0.39 is 16.6 Å². The largest absolute Gasteiger partial charge is 0.393 e. The summed E-state index contributed by atoms with van der Waals surface area (Å²) in [6.45, 7) is 0. The minimum Gasteiger partial charge on any atom is -0.393 e. The van der Waals surface area contributed by atoms with Gasteiger partial charge < -0.3 is 11.1 Å². The third kappa shape index (κ3) is 3.26. The summed E-state index contributed by atoms with van der Waals surface area (Å²) in [5, 5.41) is 13.0. The van der Waals surface area contributed by atoms with Crippen LogP contribution in [0.1, 0.15) is 10.4 Å². The van der Waals surface area contributed by atoms with Crippen molar-refractivity contribution >= 4 is 34.6 Å². The highest BCUT2D eigenvalue weighted by atomic mass is 35.5. The summed E-state index contributed by atoms with van der Waals surface area (Å²) in [7, 11) is 0. The lowest BCUT2D eigenvalue weighted by molar-refractivity contribution is -0.383. The number of halogens is 2. The van der Waals surface area contributed by atoms with Gasteiger partial charge in [0.25, 0.3) is 11.6 Å². The number of nitrogens with one attached hydrogen (secondary N) is 1. The molecule has 108 valence electrons. The summed E-state index contributed by atoms with van der Waals surface area (Å²) in [6.07, 6.45) is 0. The number of hydrogen-bond donors (Lipinski definition) is 2. The smallest absolute Gasteiger partial charge is 0.292 e. The van der Waals surface area contributed by atoms with Gasteiger partial charge in [0.1, 0.15) is 11.5 Å². The van der Waals surface area contributed by atoms with Crippen molar-refractivity contribution < 1.29 is 14.1 Å². The molecule has 0 atom stereocenters. The third-order valence-corrected chi connectivity index (χ3v) is 2.95. The van der Waals surface area contributed by atoms with Crippen LogP contribution in [0.2, 0.25) is 5.02 Å². The highest BCUT2D eigenvalue weighted by Gasteiger charge is 2.15. The zero-order valence-electron chi connectivity index (χ0n) is 10.5. The van der Waals surface area contributed by atoms with E-state index in [1.54, 1.807) is 0 Å². The Morgan fingerprint density at radius 1 is 1.29 bits per heavy atom. The van der Waals surface area contributed by atoms with Crippen molar-refractivity contribution in [2.24, 2.45) is 0 Å². The van der Waals surface area contributed by atoms with Gasteiger partial charge in [-0.3, -0.25) is 14.9 Å². The van der Waals surface area contributed by atoms with Crippen molar-refractivity contribution in [1.29, 1.82) is 0 Å². The van der Waals surface area contributed by atoms with Crippen LogP contribution in [0.25, 0.3) is 0 Å². The number of hydrogen-bond acceptors (Lipinski definition) is 4. The molecule has 0 aliphatic rings. The van der Waals surface area contributed by atoms with Gasteiger partial charge in [-0.2, -0.15) is 0 Å². The quantitative estimate of drug-likeness (QED) is 0.516. The Morgan fingerprint density at radius 2 is 2.00 bits per heavy atom. The number of nitro benzene ring substituents is 1. The number of nitro groups is 1. The highest BCUT2D eigenvalue weighted by molar-refractivity contribution is 6.31. The number of carbonyl (C=O) groups excluding carboxylic acids is 1. The molecule has 3 N–H and O–H groups in total. The molecule has 2 aromatic carbocycles. The van der Waals surface area contributed by atoms with Crippen molar-refractivity contribution in [2.45, 2.75) is 0 Å². The first-order valence-corrected chi connectivity index (χ1v) is 6.06. The van der Waals surface area contributed by atoms with Crippen LogP contribution >= 0.6 is 11.6 Å². The van der Waals surface area contributed by atoms with Crippen molar-refractivity contribution in [2.75, 3.05) is 11.1 Å². The minimum absolute atomic E-state index is 0.121. The molecule has 6 nitrogen and oxygen atoms in total.